The second-order valence-electron chi connectivity index (χ2n) is 12.2. The molecule has 12 heteroatoms. The van der Waals surface area contributed by atoms with Gasteiger partial charge in [0.15, 0.2) is 21.7 Å². The minimum absolute atomic E-state index is 0. The zero-order chi connectivity index (χ0) is 31.4. The zero-order valence-corrected chi connectivity index (χ0v) is 31.1. The molecule has 0 atom stereocenters. The Morgan fingerprint density at radius 2 is 1.57 bits per heavy atom. The minimum Gasteiger partial charge on any atom is -0.743 e. The number of allylic oxidation sites excluding steroid dienone is 8. The van der Waals surface area contributed by atoms with E-state index in [2.05, 4.69) is 0 Å². The number of fused-ring (bicyclic) bond motifs is 2. The summed E-state index contributed by atoms with van der Waals surface area (Å²) < 4.78 is 70.6. The Morgan fingerprint density at radius 3 is 2.23 bits per heavy atom. The Morgan fingerprint density at radius 1 is 0.932 bits per heavy atom. The molecule has 44 heavy (non-hydrogen) atoms. The van der Waals surface area contributed by atoms with Crippen molar-refractivity contribution < 1.29 is 81.9 Å². The first-order valence-electron chi connectivity index (χ1n) is 14.0. The molecule has 5 rings (SSSR count). The van der Waals surface area contributed by atoms with Crippen molar-refractivity contribution in [2.45, 2.75) is 57.8 Å². The van der Waals surface area contributed by atoms with Crippen molar-refractivity contribution in [2.75, 3.05) is 16.7 Å². The largest absolute Gasteiger partial charge is 1.00 e. The van der Waals surface area contributed by atoms with Gasteiger partial charge >= 0.3 is 51.4 Å². The molecule has 0 unspecified atom stereocenters. The molecule has 0 bridgehead atoms. The van der Waals surface area contributed by atoms with Gasteiger partial charge in [-0.3, -0.25) is 4.55 Å². The van der Waals surface area contributed by atoms with Crippen LogP contribution in [0.3, 0.4) is 0 Å². The van der Waals surface area contributed by atoms with Gasteiger partial charge in [0.2, 0.25) is 11.6 Å². The Balaban J connectivity index is 0.00000442. The van der Waals surface area contributed by atoms with Gasteiger partial charge in [0.25, 0.3) is 10.1 Å². The Bertz CT molecular complexity index is 1870. The van der Waals surface area contributed by atoms with Crippen LogP contribution in [0.2, 0.25) is 0 Å². The van der Waals surface area contributed by atoms with Crippen LogP contribution in [0.5, 0.6) is 0 Å². The summed E-state index contributed by atoms with van der Waals surface area (Å²) in [4.78, 5) is 1.62. The number of nitrogens with zero attached hydrogens (tertiary/aromatic N) is 2. The van der Waals surface area contributed by atoms with E-state index in [1.54, 1.807) is 9.48 Å². The van der Waals surface area contributed by atoms with E-state index in [-0.39, 0.29) is 51.4 Å². The summed E-state index contributed by atoms with van der Waals surface area (Å²) in [6.07, 6.45) is 9.82. The molecule has 0 amide bonds. The molecule has 0 saturated carbocycles. The molecule has 0 saturated heterocycles. The molecular weight excluding hydrogens is 647 g/mol. The van der Waals surface area contributed by atoms with Gasteiger partial charge in [-0.2, -0.15) is 13.0 Å². The fraction of sp³-hybridized carbons (Fsp3) is 0.344. The summed E-state index contributed by atoms with van der Waals surface area (Å²) in [5.41, 5.74) is 5.43. The Labute approximate surface area is 307 Å². The topological polar surface area (TPSA) is 118 Å². The third-order valence-corrected chi connectivity index (χ3v) is 10.2. The quantitative estimate of drug-likeness (QED) is 0.271. The van der Waals surface area contributed by atoms with Crippen LogP contribution < -0.4 is 56.3 Å². The zero-order valence-electron chi connectivity index (χ0n) is 25.5. The van der Waals surface area contributed by atoms with E-state index in [1.807, 2.05) is 101 Å². The van der Waals surface area contributed by atoms with Crippen molar-refractivity contribution in [3.05, 3.63) is 106 Å². The summed E-state index contributed by atoms with van der Waals surface area (Å²) in [6, 6.07) is 15.0. The summed E-state index contributed by atoms with van der Waals surface area (Å²) in [6.45, 7) is 8.02. The van der Waals surface area contributed by atoms with Crippen molar-refractivity contribution in [2.24, 2.45) is 0 Å². The molecule has 0 aromatic heterocycles. The van der Waals surface area contributed by atoms with Crippen molar-refractivity contribution in [1.29, 1.82) is 0 Å². The van der Waals surface area contributed by atoms with Crippen molar-refractivity contribution in [3.8, 4) is 0 Å². The standard InChI is InChI=1S/C32H35ClN2O6S2.K/c1-31(2)24-12-5-7-14-26(24)34(20-42(36,37)38)28(31)18-16-22-10-9-11-23(30(22)33)17-19-29-32(3,4)25-13-6-8-15-27(25)35(29)21-43(39,40)41;/h5-8,12-19H,9-11,20-21H2,1-4H3,(H-,36,37,38,39,40,41);/q;+1. The Kier molecular flexibility index (Phi) is 10.5. The van der Waals surface area contributed by atoms with Gasteiger partial charge in [-0.15, -0.1) is 0 Å². The van der Waals surface area contributed by atoms with Crippen LogP contribution in [0.25, 0.3) is 0 Å². The number of para-hydroxylation sites is 2. The molecule has 1 N–H and O–H groups in total. The summed E-state index contributed by atoms with van der Waals surface area (Å²) in [5, 5.41) is 0.575. The maximum absolute atomic E-state index is 11.9. The number of hydrogen-bond acceptors (Lipinski definition) is 6. The monoisotopic (exact) mass is 681 g/mol. The fourth-order valence-electron chi connectivity index (χ4n) is 6.45. The molecule has 1 aliphatic carbocycles. The smallest absolute Gasteiger partial charge is 0.743 e. The van der Waals surface area contributed by atoms with E-state index >= 15 is 0 Å². The molecule has 8 nitrogen and oxygen atoms in total. The van der Waals surface area contributed by atoms with Crippen LogP contribution in [-0.4, -0.2) is 48.0 Å². The van der Waals surface area contributed by atoms with E-state index in [1.165, 1.54) is 0 Å². The van der Waals surface area contributed by atoms with Crippen LogP contribution in [0, 0.1) is 0 Å². The average molecular weight is 682 g/mol. The van der Waals surface area contributed by atoms with Gasteiger partial charge in [-0.1, -0.05) is 74.0 Å². The minimum atomic E-state index is -4.55. The second-order valence-corrected chi connectivity index (χ2v) is 15.4. The van der Waals surface area contributed by atoms with E-state index in [9.17, 15) is 25.9 Å². The predicted molar refractivity (Wildman–Crippen MR) is 169 cm³/mol. The normalized spacial score (nSPS) is 21.3. The van der Waals surface area contributed by atoms with Gasteiger partial charge < -0.3 is 9.45 Å². The Hall–Kier alpha value is -1.38. The number of rotatable bonds is 7. The number of hydrogen-bond donors (Lipinski definition) is 1. The van der Waals surface area contributed by atoms with Gasteiger partial charge in [0.1, 0.15) is 0 Å². The molecule has 2 aromatic rings. The number of anilines is 1. The van der Waals surface area contributed by atoms with Crippen molar-refractivity contribution in [1.82, 2.24) is 0 Å². The van der Waals surface area contributed by atoms with Gasteiger partial charge in [-0.25, -0.2) is 8.42 Å². The maximum atomic E-state index is 11.9. The average Bonchev–Trinajstić information content (AvgIpc) is 3.24. The van der Waals surface area contributed by atoms with Crippen LogP contribution in [0.1, 0.15) is 58.1 Å². The molecule has 0 radical (unpaired) electrons. The molecular formula is C32H35ClKN2O6S2+. The molecule has 2 heterocycles. The van der Waals surface area contributed by atoms with Crippen molar-refractivity contribution >= 4 is 48.9 Å². The first-order chi connectivity index (χ1) is 20.0. The second kappa shape index (κ2) is 13.0. The fourth-order valence-corrected chi connectivity index (χ4v) is 7.96. The molecule has 0 spiro atoms. The SMILES string of the molecule is CC1(C)C(/C=C/C2=C(Cl)C(=C/C=C3/N(CS(=O)(=O)O)c4ccccc4C3(C)C)/CCC2)=[N+](CS(=O)(=O)[O-])c2ccccc21.[K+]. The molecule has 2 aromatic carbocycles. The van der Waals surface area contributed by atoms with Gasteiger partial charge in [-0.05, 0) is 62.0 Å². The van der Waals surface area contributed by atoms with Gasteiger partial charge in [0.05, 0.1) is 5.41 Å². The van der Waals surface area contributed by atoms with Crippen molar-refractivity contribution in [3.63, 3.8) is 0 Å². The number of halogens is 1. The van der Waals surface area contributed by atoms with E-state index in [0.717, 1.165) is 52.9 Å². The van der Waals surface area contributed by atoms with E-state index in [4.69, 9.17) is 11.6 Å². The molecule has 2 aliphatic heterocycles. The predicted octanol–water partition coefficient (Wildman–Crippen LogP) is 3.26. The van der Waals surface area contributed by atoms with E-state index in [0.29, 0.717) is 16.4 Å². The van der Waals surface area contributed by atoms with Crippen LogP contribution in [-0.2, 0) is 31.1 Å². The first-order valence-corrected chi connectivity index (χ1v) is 17.6. The maximum Gasteiger partial charge on any atom is 1.00 e. The van der Waals surface area contributed by atoms with Crippen LogP contribution >= 0.6 is 11.6 Å². The molecule has 3 aliphatic rings. The summed E-state index contributed by atoms with van der Waals surface area (Å²) in [5.74, 6) is -1.23. The molecule has 0 fully saturated rings. The third kappa shape index (κ3) is 7.12. The van der Waals surface area contributed by atoms with Crippen LogP contribution in [0.15, 0.2) is 94.7 Å². The number of benzene rings is 2. The van der Waals surface area contributed by atoms with Crippen LogP contribution in [0.4, 0.5) is 11.4 Å². The third-order valence-electron chi connectivity index (χ3n) is 8.52. The molecule has 228 valence electrons. The summed E-state index contributed by atoms with van der Waals surface area (Å²) >= 11 is 6.94. The van der Waals surface area contributed by atoms with E-state index < -0.39 is 42.8 Å². The summed E-state index contributed by atoms with van der Waals surface area (Å²) in [7, 11) is -8.85. The first kappa shape index (κ1) is 35.5. The van der Waals surface area contributed by atoms with Gasteiger partial charge in [0, 0.05) is 39.5 Å².